The van der Waals surface area contributed by atoms with Gasteiger partial charge in [-0.3, -0.25) is 0 Å². The lowest BCUT2D eigenvalue weighted by atomic mass is 9.78. The van der Waals surface area contributed by atoms with Crippen LogP contribution in [0.15, 0.2) is 0 Å². The van der Waals surface area contributed by atoms with Crippen molar-refractivity contribution in [2.75, 3.05) is 18.6 Å². The smallest absolute Gasteiger partial charge is 0.147 e. The van der Waals surface area contributed by atoms with E-state index in [0.717, 1.165) is 25.7 Å². The molecule has 0 aliphatic heterocycles. The van der Waals surface area contributed by atoms with Crippen molar-refractivity contribution in [3.05, 3.63) is 0 Å². The summed E-state index contributed by atoms with van der Waals surface area (Å²) in [5.74, 6) is 0.156. The van der Waals surface area contributed by atoms with Crippen LogP contribution in [-0.2, 0) is 14.6 Å². The largest absolute Gasteiger partial charge is 0.374 e. The summed E-state index contributed by atoms with van der Waals surface area (Å²) in [6.45, 7) is 2.62. The van der Waals surface area contributed by atoms with Gasteiger partial charge in [-0.1, -0.05) is 19.3 Å². The van der Waals surface area contributed by atoms with Gasteiger partial charge in [0.25, 0.3) is 0 Å². The van der Waals surface area contributed by atoms with Gasteiger partial charge < -0.3 is 10.5 Å². The zero-order chi connectivity index (χ0) is 12.9. The first-order chi connectivity index (χ1) is 7.90. The highest BCUT2D eigenvalue weighted by Gasteiger charge is 2.38. The molecule has 0 radical (unpaired) electrons. The molecule has 0 bridgehead atoms. The van der Waals surface area contributed by atoms with Gasteiger partial charge in [0, 0.05) is 18.9 Å². The molecule has 4 nitrogen and oxygen atoms in total. The third-order valence-electron chi connectivity index (χ3n) is 3.61. The van der Waals surface area contributed by atoms with E-state index in [4.69, 9.17) is 10.5 Å². The molecular weight excluding hydrogens is 238 g/mol. The highest BCUT2D eigenvalue weighted by Crippen LogP contribution is 2.35. The van der Waals surface area contributed by atoms with Crippen LogP contribution in [0.5, 0.6) is 0 Å². The Bertz CT molecular complexity index is 315. The van der Waals surface area contributed by atoms with Crippen molar-refractivity contribution in [2.45, 2.75) is 57.1 Å². The van der Waals surface area contributed by atoms with E-state index in [-0.39, 0.29) is 17.4 Å². The van der Waals surface area contributed by atoms with Crippen molar-refractivity contribution in [1.29, 1.82) is 0 Å². The molecule has 0 aromatic heterocycles. The van der Waals surface area contributed by atoms with Crippen LogP contribution in [-0.4, -0.2) is 38.7 Å². The first kappa shape index (κ1) is 14.9. The molecule has 0 aromatic carbocycles. The lowest BCUT2D eigenvalue weighted by molar-refractivity contribution is -0.0823. The number of ether oxygens (including phenoxy) is 1. The summed E-state index contributed by atoms with van der Waals surface area (Å²) in [5.41, 5.74) is 5.91. The molecular formula is C12H25NO3S. The molecule has 0 amide bonds. The zero-order valence-electron chi connectivity index (χ0n) is 10.9. The number of nitrogens with two attached hydrogens (primary N) is 1. The van der Waals surface area contributed by atoms with Crippen molar-refractivity contribution in [3.8, 4) is 0 Å². The van der Waals surface area contributed by atoms with E-state index >= 15 is 0 Å². The molecule has 1 unspecified atom stereocenters. The summed E-state index contributed by atoms with van der Waals surface area (Å²) in [5, 5.41) is 0. The van der Waals surface area contributed by atoms with E-state index in [9.17, 15) is 8.42 Å². The molecule has 0 heterocycles. The molecule has 1 aliphatic rings. The maximum absolute atomic E-state index is 11.2. The van der Waals surface area contributed by atoms with Crippen LogP contribution in [0.2, 0.25) is 0 Å². The minimum atomic E-state index is -2.94. The normalized spacial score (nSPS) is 22.3. The fraction of sp³-hybridized carbons (Fsp3) is 1.00. The summed E-state index contributed by atoms with van der Waals surface area (Å²) < 4.78 is 28.2. The Labute approximate surface area is 105 Å². The van der Waals surface area contributed by atoms with Crippen molar-refractivity contribution in [3.63, 3.8) is 0 Å². The van der Waals surface area contributed by atoms with Gasteiger partial charge in [-0.2, -0.15) is 0 Å². The number of rotatable bonds is 6. The van der Waals surface area contributed by atoms with Gasteiger partial charge in [-0.25, -0.2) is 8.42 Å². The van der Waals surface area contributed by atoms with E-state index in [1.165, 1.54) is 12.7 Å². The average Bonchev–Trinajstić information content (AvgIpc) is 2.26. The van der Waals surface area contributed by atoms with E-state index in [0.29, 0.717) is 13.0 Å². The molecule has 0 spiro atoms. The topological polar surface area (TPSA) is 69.4 Å². The molecule has 1 fully saturated rings. The van der Waals surface area contributed by atoms with Gasteiger partial charge in [-0.15, -0.1) is 0 Å². The Balaban J connectivity index is 2.62. The van der Waals surface area contributed by atoms with Crippen LogP contribution in [0.4, 0.5) is 0 Å². The molecule has 1 aliphatic carbocycles. The second-order valence-corrected chi connectivity index (χ2v) is 7.34. The van der Waals surface area contributed by atoms with Gasteiger partial charge >= 0.3 is 0 Å². The van der Waals surface area contributed by atoms with Crippen LogP contribution < -0.4 is 5.73 Å². The maximum Gasteiger partial charge on any atom is 0.147 e. The predicted octanol–water partition coefficient (Wildman–Crippen LogP) is 1.49. The second kappa shape index (κ2) is 6.16. The van der Waals surface area contributed by atoms with E-state index in [1.54, 1.807) is 0 Å². The molecule has 0 aromatic rings. The Morgan fingerprint density at radius 3 is 2.35 bits per heavy atom. The van der Waals surface area contributed by atoms with Crippen molar-refractivity contribution >= 4 is 9.84 Å². The maximum atomic E-state index is 11.2. The first-order valence-electron chi connectivity index (χ1n) is 6.47. The monoisotopic (exact) mass is 263 g/mol. The van der Waals surface area contributed by atoms with E-state index in [1.807, 2.05) is 6.92 Å². The SMILES string of the molecule is CCOC1(C(N)CCS(C)(=O)=O)CCCCC1. The van der Waals surface area contributed by atoms with Crippen molar-refractivity contribution in [1.82, 2.24) is 0 Å². The summed E-state index contributed by atoms with van der Waals surface area (Å²) in [7, 11) is -2.94. The Morgan fingerprint density at radius 1 is 1.29 bits per heavy atom. The molecule has 2 N–H and O–H groups in total. The Hall–Kier alpha value is -0.130. The van der Waals surface area contributed by atoms with Crippen molar-refractivity contribution in [2.24, 2.45) is 5.73 Å². The molecule has 102 valence electrons. The summed E-state index contributed by atoms with van der Waals surface area (Å²) >= 11 is 0. The summed E-state index contributed by atoms with van der Waals surface area (Å²) in [4.78, 5) is 0. The minimum absolute atomic E-state index is 0.156. The van der Waals surface area contributed by atoms with Gasteiger partial charge in [0.2, 0.25) is 0 Å². The fourth-order valence-electron chi connectivity index (χ4n) is 2.66. The molecule has 5 heteroatoms. The summed E-state index contributed by atoms with van der Waals surface area (Å²) in [6.07, 6.45) is 7.18. The molecule has 1 saturated carbocycles. The standard InChI is InChI=1S/C12H25NO3S/c1-3-16-12(8-5-4-6-9-12)11(13)7-10-17(2,14)15/h11H,3-10,13H2,1-2H3. The predicted molar refractivity (Wildman–Crippen MR) is 69.7 cm³/mol. The number of sulfone groups is 1. The van der Waals surface area contributed by atoms with Gasteiger partial charge in [-0.05, 0) is 26.2 Å². The third kappa shape index (κ3) is 4.56. The van der Waals surface area contributed by atoms with E-state index < -0.39 is 9.84 Å². The Kier molecular flexibility index (Phi) is 5.41. The Morgan fingerprint density at radius 2 is 1.88 bits per heavy atom. The lowest BCUT2D eigenvalue weighted by Crippen LogP contribution is -2.52. The molecule has 17 heavy (non-hydrogen) atoms. The van der Waals surface area contributed by atoms with Crippen LogP contribution >= 0.6 is 0 Å². The van der Waals surface area contributed by atoms with Crippen molar-refractivity contribution < 1.29 is 13.2 Å². The molecule has 1 atom stereocenters. The number of hydrogen-bond acceptors (Lipinski definition) is 4. The van der Waals surface area contributed by atoms with Gasteiger partial charge in [0.05, 0.1) is 11.4 Å². The highest BCUT2D eigenvalue weighted by molar-refractivity contribution is 7.90. The highest BCUT2D eigenvalue weighted by atomic mass is 32.2. The average molecular weight is 263 g/mol. The van der Waals surface area contributed by atoms with Crippen LogP contribution in [0.1, 0.15) is 45.4 Å². The zero-order valence-corrected chi connectivity index (χ0v) is 11.8. The third-order valence-corrected chi connectivity index (χ3v) is 4.58. The van der Waals surface area contributed by atoms with E-state index in [2.05, 4.69) is 0 Å². The van der Waals surface area contributed by atoms with Crippen LogP contribution in [0, 0.1) is 0 Å². The molecule has 0 saturated heterocycles. The fourth-order valence-corrected chi connectivity index (χ4v) is 3.35. The van der Waals surface area contributed by atoms with Gasteiger partial charge in [0.15, 0.2) is 0 Å². The van der Waals surface area contributed by atoms with Gasteiger partial charge in [0.1, 0.15) is 9.84 Å². The first-order valence-corrected chi connectivity index (χ1v) is 8.53. The summed E-state index contributed by atoms with van der Waals surface area (Å²) in [6, 6.07) is -0.169. The minimum Gasteiger partial charge on any atom is -0.374 e. The van der Waals surface area contributed by atoms with Crippen LogP contribution in [0.25, 0.3) is 0 Å². The van der Waals surface area contributed by atoms with Crippen LogP contribution in [0.3, 0.4) is 0 Å². The lowest BCUT2D eigenvalue weighted by Gasteiger charge is -2.41. The number of hydrogen-bond donors (Lipinski definition) is 1. The second-order valence-electron chi connectivity index (χ2n) is 5.08. The quantitative estimate of drug-likeness (QED) is 0.788. The molecule has 1 rings (SSSR count).